The third kappa shape index (κ3) is 3.27. The van der Waals surface area contributed by atoms with E-state index in [1.165, 1.54) is 0 Å². The molecule has 2 aromatic rings. The summed E-state index contributed by atoms with van der Waals surface area (Å²) in [5.41, 5.74) is 13.7. The standard InChI is InChI=1S/C13H11Br2N3O/c14-10-5-7(16)1-3-9(10)13(19)18-8-2-4-12(17)11(15)6-8/h1-6H,16-17H2,(H,18,19). The van der Waals surface area contributed by atoms with Crippen molar-refractivity contribution in [2.75, 3.05) is 16.8 Å². The zero-order valence-electron chi connectivity index (χ0n) is 9.78. The van der Waals surface area contributed by atoms with Crippen molar-refractivity contribution in [3.63, 3.8) is 0 Å². The summed E-state index contributed by atoms with van der Waals surface area (Å²) in [5.74, 6) is -0.219. The van der Waals surface area contributed by atoms with Gasteiger partial charge in [-0.05, 0) is 68.3 Å². The molecule has 0 aliphatic carbocycles. The topological polar surface area (TPSA) is 81.1 Å². The van der Waals surface area contributed by atoms with E-state index in [2.05, 4.69) is 37.2 Å². The molecule has 0 aromatic heterocycles. The third-order valence-electron chi connectivity index (χ3n) is 2.50. The van der Waals surface area contributed by atoms with Crippen LogP contribution in [0.15, 0.2) is 45.3 Å². The van der Waals surface area contributed by atoms with Crippen molar-refractivity contribution >= 4 is 54.8 Å². The second-order valence-electron chi connectivity index (χ2n) is 3.93. The number of benzene rings is 2. The van der Waals surface area contributed by atoms with Gasteiger partial charge in [-0.1, -0.05) is 0 Å². The average molecular weight is 385 g/mol. The second kappa shape index (κ2) is 5.63. The number of nitrogen functional groups attached to an aromatic ring is 2. The lowest BCUT2D eigenvalue weighted by Gasteiger charge is -2.08. The molecule has 0 fully saturated rings. The smallest absolute Gasteiger partial charge is 0.256 e. The molecule has 0 spiro atoms. The van der Waals surface area contributed by atoms with E-state index >= 15 is 0 Å². The number of amides is 1. The molecule has 0 saturated heterocycles. The zero-order valence-corrected chi connectivity index (χ0v) is 13.0. The van der Waals surface area contributed by atoms with Gasteiger partial charge in [0.1, 0.15) is 0 Å². The summed E-state index contributed by atoms with van der Waals surface area (Å²) in [6.45, 7) is 0. The number of rotatable bonds is 2. The maximum Gasteiger partial charge on any atom is 0.256 e. The predicted octanol–water partition coefficient (Wildman–Crippen LogP) is 3.63. The third-order valence-corrected chi connectivity index (χ3v) is 3.84. The van der Waals surface area contributed by atoms with Gasteiger partial charge in [0.15, 0.2) is 0 Å². The minimum Gasteiger partial charge on any atom is -0.399 e. The van der Waals surface area contributed by atoms with E-state index in [0.717, 1.165) is 4.47 Å². The quantitative estimate of drug-likeness (QED) is 0.691. The van der Waals surface area contributed by atoms with Gasteiger partial charge in [0, 0.05) is 26.0 Å². The highest BCUT2D eigenvalue weighted by Gasteiger charge is 2.10. The fraction of sp³-hybridized carbons (Fsp3) is 0. The molecule has 0 saturated carbocycles. The van der Waals surface area contributed by atoms with E-state index in [1.54, 1.807) is 36.4 Å². The molecule has 5 N–H and O–H groups in total. The van der Waals surface area contributed by atoms with Crippen molar-refractivity contribution in [3.8, 4) is 0 Å². The highest BCUT2D eigenvalue weighted by Crippen LogP contribution is 2.25. The monoisotopic (exact) mass is 383 g/mol. The van der Waals surface area contributed by atoms with Crippen LogP contribution in [-0.4, -0.2) is 5.91 Å². The molecular formula is C13H11Br2N3O. The number of hydrogen-bond donors (Lipinski definition) is 3. The summed E-state index contributed by atoms with van der Waals surface area (Å²) in [5, 5.41) is 2.79. The Morgan fingerprint density at radius 3 is 2.37 bits per heavy atom. The molecule has 2 aromatic carbocycles. The van der Waals surface area contributed by atoms with Crippen LogP contribution in [0.2, 0.25) is 0 Å². The van der Waals surface area contributed by atoms with Gasteiger partial charge in [-0.25, -0.2) is 0 Å². The Balaban J connectivity index is 2.23. The first-order chi connectivity index (χ1) is 8.97. The van der Waals surface area contributed by atoms with Crippen LogP contribution in [0.3, 0.4) is 0 Å². The van der Waals surface area contributed by atoms with Crippen LogP contribution >= 0.6 is 31.9 Å². The van der Waals surface area contributed by atoms with Crippen LogP contribution in [0.4, 0.5) is 17.1 Å². The molecule has 1 amide bonds. The largest absolute Gasteiger partial charge is 0.399 e. The van der Waals surface area contributed by atoms with Crippen LogP contribution in [0, 0.1) is 0 Å². The Morgan fingerprint density at radius 1 is 1.00 bits per heavy atom. The highest BCUT2D eigenvalue weighted by molar-refractivity contribution is 9.11. The molecule has 0 atom stereocenters. The second-order valence-corrected chi connectivity index (χ2v) is 5.64. The van der Waals surface area contributed by atoms with Gasteiger partial charge in [0.2, 0.25) is 0 Å². The zero-order chi connectivity index (χ0) is 14.0. The van der Waals surface area contributed by atoms with Crippen LogP contribution in [0.1, 0.15) is 10.4 Å². The first-order valence-electron chi connectivity index (χ1n) is 5.39. The fourth-order valence-corrected chi connectivity index (χ4v) is 2.47. The summed E-state index contributed by atoms with van der Waals surface area (Å²) in [7, 11) is 0. The Kier molecular flexibility index (Phi) is 4.11. The van der Waals surface area contributed by atoms with E-state index < -0.39 is 0 Å². The Morgan fingerprint density at radius 2 is 1.74 bits per heavy atom. The molecule has 2 rings (SSSR count). The Bertz CT molecular complexity index is 644. The average Bonchev–Trinajstić information content (AvgIpc) is 2.33. The van der Waals surface area contributed by atoms with Crippen molar-refractivity contribution in [3.05, 3.63) is 50.9 Å². The van der Waals surface area contributed by atoms with E-state index in [9.17, 15) is 4.79 Å². The lowest BCUT2D eigenvalue weighted by Crippen LogP contribution is -2.12. The molecule has 6 heteroatoms. The molecule has 98 valence electrons. The van der Waals surface area contributed by atoms with E-state index in [1.807, 2.05) is 0 Å². The number of carbonyl (C=O) groups excluding carboxylic acids is 1. The summed E-state index contributed by atoms with van der Waals surface area (Å²) in [6.07, 6.45) is 0. The van der Waals surface area contributed by atoms with Crippen LogP contribution in [0.25, 0.3) is 0 Å². The van der Waals surface area contributed by atoms with Gasteiger partial charge in [0.25, 0.3) is 5.91 Å². The number of nitrogens with one attached hydrogen (secondary N) is 1. The fourth-order valence-electron chi connectivity index (χ4n) is 1.52. The summed E-state index contributed by atoms with van der Waals surface area (Å²) in [6, 6.07) is 10.2. The summed E-state index contributed by atoms with van der Waals surface area (Å²) in [4.78, 5) is 12.1. The van der Waals surface area contributed by atoms with Gasteiger partial charge < -0.3 is 16.8 Å². The molecular weight excluding hydrogens is 374 g/mol. The van der Waals surface area contributed by atoms with E-state index in [0.29, 0.717) is 27.1 Å². The summed E-state index contributed by atoms with van der Waals surface area (Å²) < 4.78 is 1.39. The number of carbonyl (C=O) groups is 1. The summed E-state index contributed by atoms with van der Waals surface area (Å²) >= 11 is 6.63. The Labute approximate surface area is 127 Å². The molecule has 0 heterocycles. The molecule has 0 radical (unpaired) electrons. The van der Waals surface area contributed by atoms with Gasteiger partial charge in [0.05, 0.1) is 5.56 Å². The van der Waals surface area contributed by atoms with Gasteiger partial charge >= 0.3 is 0 Å². The lowest BCUT2D eigenvalue weighted by atomic mass is 10.2. The first-order valence-corrected chi connectivity index (χ1v) is 6.97. The molecule has 19 heavy (non-hydrogen) atoms. The number of hydrogen-bond acceptors (Lipinski definition) is 3. The van der Waals surface area contributed by atoms with Crippen molar-refractivity contribution in [1.29, 1.82) is 0 Å². The van der Waals surface area contributed by atoms with Gasteiger partial charge in [-0.2, -0.15) is 0 Å². The molecule has 0 aliphatic heterocycles. The maximum absolute atomic E-state index is 12.1. The highest BCUT2D eigenvalue weighted by atomic mass is 79.9. The van der Waals surface area contributed by atoms with Crippen LogP contribution < -0.4 is 16.8 Å². The van der Waals surface area contributed by atoms with Crippen LogP contribution in [-0.2, 0) is 0 Å². The van der Waals surface area contributed by atoms with Crippen LogP contribution in [0.5, 0.6) is 0 Å². The number of halogens is 2. The van der Waals surface area contributed by atoms with E-state index in [4.69, 9.17) is 11.5 Å². The van der Waals surface area contributed by atoms with Crippen molar-refractivity contribution in [1.82, 2.24) is 0 Å². The number of nitrogens with two attached hydrogens (primary N) is 2. The maximum atomic E-state index is 12.1. The SMILES string of the molecule is Nc1ccc(C(=O)Nc2ccc(N)c(Br)c2)c(Br)c1. The molecule has 0 unspecified atom stereocenters. The van der Waals surface area contributed by atoms with Crippen molar-refractivity contribution in [2.45, 2.75) is 0 Å². The van der Waals surface area contributed by atoms with Crippen molar-refractivity contribution in [2.24, 2.45) is 0 Å². The van der Waals surface area contributed by atoms with E-state index in [-0.39, 0.29) is 5.91 Å². The normalized spacial score (nSPS) is 10.2. The number of anilines is 3. The minimum absolute atomic E-state index is 0.219. The molecule has 0 aliphatic rings. The molecule has 0 bridgehead atoms. The predicted molar refractivity (Wildman–Crippen MR) is 85.1 cm³/mol. The lowest BCUT2D eigenvalue weighted by molar-refractivity contribution is 0.102. The van der Waals surface area contributed by atoms with Crippen molar-refractivity contribution < 1.29 is 4.79 Å². The first kappa shape index (κ1) is 13.9. The van der Waals surface area contributed by atoms with Gasteiger partial charge in [-0.3, -0.25) is 4.79 Å². The van der Waals surface area contributed by atoms with Gasteiger partial charge in [-0.15, -0.1) is 0 Å². The molecule has 4 nitrogen and oxygen atoms in total. The minimum atomic E-state index is -0.219. The Hall–Kier alpha value is -1.53.